The number of aryl methyl sites for hydroxylation is 1. The number of carbonyl (C=O) groups is 1. The molecule has 1 aliphatic rings. The van der Waals surface area contributed by atoms with E-state index < -0.39 is 0 Å². The minimum Gasteiger partial charge on any atom is -0.494 e. The van der Waals surface area contributed by atoms with Gasteiger partial charge in [-0.25, -0.2) is 4.79 Å². The van der Waals surface area contributed by atoms with Crippen LogP contribution in [0.2, 0.25) is 0 Å². The molecule has 0 saturated carbocycles. The van der Waals surface area contributed by atoms with Gasteiger partial charge in [-0.3, -0.25) is 0 Å². The second-order valence-corrected chi connectivity index (χ2v) is 6.32. The molecule has 0 spiro atoms. The predicted molar refractivity (Wildman–Crippen MR) is 94.2 cm³/mol. The fourth-order valence-corrected chi connectivity index (χ4v) is 3.33. The summed E-state index contributed by atoms with van der Waals surface area (Å²) in [5, 5.41) is 11.0. The van der Waals surface area contributed by atoms with Gasteiger partial charge in [-0.2, -0.15) is 0 Å². The number of aromatic nitrogens is 3. The second kappa shape index (κ2) is 7.55. The van der Waals surface area contributed by atoms with Crippen LogP contribution >= 0.6 is 0 Å². The number of benzene rings is 1. The molecule has 1 saturated heterocycles. The lowest BCUT2D eigenvalue weighted by Gasteiger charge is -2.27. The minimum absolute atomic E-state index is 0.0631. The summed E-state index contributed by atoms with van der Waals surface area (Å²) >= 11 is 0. The Bertz CT molecular complexity index is 713. The van der Waals surface area contributed by atoms with Gasteiger partial charge in [-0.05, 0) is 44.4 Å². The lowest BCUT2D eigenvalue weighted by atomic mass is 10.0. The van der Waals surface area contributed by atoms with Crippen molar-refractivity contribution in [1.29, 1.82) is 0 Å². The van der Waals surface area contributed by atoms with Crippen LogP contribution in [0.3, 0.4) is 0 Å². The Labute approximate surface area is 148 Å². The normalized spacial score (nSPS) is 18.2. The first-order valence-corrected chi connectivity index (χ1v) is 8.74. The van der Waals surface area contributed by atoms with Crippen LogP contribution in [0.4, 0.5) is 4.79 Å². The molecule has 1 aromatic heterocycles. The summed E-state index contributed by atoms with van der Waals surface area (Å²) in [6, 6.07) is 7.88. The maximum Gasteiger partial charge on any atom is 0.318 e. The van der Waals surface area contributed by atoms with E-state index in [4.69, 9.17) is 4.74 Å². The number of likely N-dealkylation sites (tertiary alicyclic amines) is 1. The van der Waals surface area contributed by atoms with E-state index in [2.05, 4.69) is 15.5 Å². The highest BCUT2D eigenvalue weighted by Crippen LogP contribution is 2.33. The first-order valence-electron chi connectivity index (χ1n) is 8.74. The van der Waals surface area contributed by atoms with Crippen LogP contribution in [-0.4, -0.2) is 38.8 Å². The highest BCUT2D eigenvalue weighted by Gasteiger charge is 2.31. The third kappa shape index (κ3) is 3.75. The second-order valence-electron chi connectivity index (χ2n) is 6.32. The highest BCUT2D eigenvalue weighted by molar-refractivity contribution is 5.75. The molecule has 0 radical (unpaired) electrons. The number of carbonyl (C=O) groups excluding carboxylic acids is 1. The molecule has 7 heteroatoms. The van der Waals surface area contributed by atoms with E-state index in [1.807, 2.05) is 54.6 Å². The van der Waals surface area contributed by atoms with Crippen molar-refractivity contribution in [1.82, 2.24) is 25.0 Å². The first kappa shape index (κ1) is 17.3. The van der Waals surface area contributed by atoms with Crippen molar-refractivity contribution < 1.29 is 9.53 Å². The zero-order chi connectivity index (χ0) is 17.8. The average Bonchev–Trinajstić information content (AvgIpc) is 3.24. The maximum absolute atomic E-state index is 12.7. The van der Waals surface area contributed by atoms with E-state index in [0.29, 0.717) is 6.61 Å². The SMILES string of the molecule is CCOc1ccc([C@@H]2CCCN2C(=O)N[C@@H](C)c2nncn2C)cc1. The molecule has 25 heavy (non-hydrogen) atoms. The Hall–Kier alpha value is -2.57. The van der Waals surface area contributed by atoms with Crippen LogP contribution < -0.4 is 10.1 Å². The molecule has 3 rings (SSSR count). The fourth-order valence-electron chi connectivity index (χ4n) is 3.33. The van der Waals surface area contributed by atoms with E-state index in [1.165, 1.54) is 0 Å². The van der Waals surface area contributed by atoms with Crippen molar-refractivity contribution in [2.45, 2.75) is 38.8 Å². The molecule has 0 aliphatic carbocycles. The smallest absolute Gasteiger partial charge is 0.318 e. The van der Waals surface area contributed by atoms with Crippen LogP contribution in [0.5, 0.6) is 5.75 Å². The number of amides is 2. The molecule has 2 heterocycles. The Balaban J connectivity index is 1.68. The molecule has 1 aromatic carbocycles. The molecule has 1 aliphatic heterocycles. The van der Waals surface area contributed by atoms with Crippen molar-refractivity contribution >= 4 is 6.03 Å². The van der Waals surface area contributed by atoms with Crippen LogP contribution in [0.15, 0.2) is 30.6 Å². The standard InChI is InChI=1S/C18H25N5O2/c1-4-25-15-9-7-14(8-10-15)16-6-5-11-23(16)18(24)20-13(2)17-21-19-12-22(17)3/h7-10,12-13,16H,4-6,11H2,1-3H3,(H,20,24)/t13-,16-/m0/s1. The molecular formula is C18H25N5O2. The molecule has 7 nitrogen and oxygen atoms in total. The molecule has 2 aromatic rings. The lowest BCUT2D eigenvalue weighted by Crippen LogP contribution is -2.41. The van der Waals surface area contributed by atoms with Gasteiger partial charge in [-0.1, -0.05) is 12.1 Å². The van der Waals surface area contributed by atoms with Gasteiger partial charge in [0.2, 0.25) is 0 Å². The summed E-state index contributed by atoms with van der Waals surface area (Å²) in [5.74, 6) is 1.60. The molecular weight excluding hydrogens is 318 g/mol. The fraction of sp³-hybridized carbons (Fsp3) is 0.500. The highest BCUT2D eigenvalue weighted by atomic mass is 16.5. The minimum atomic E-state index is -0.193. The molecule has 2 amide bonds. The van der Waals surface area contributed by atoms with Crippen LogP contribution in [-0.2, 0) is 7.05 Å². The number of nitrogens with zero attached hydrogens (tertiary/aromatic N) is 4. The summed E-state index contributed by atoms with van der Waals surface area (Å²) < 4.78 is 7.31. The van der Waals surface area contributed by atoms with E-state index in [9.17, 15) is 4.79 Å². The third-order valence-electron chi connectivity index (χ3n) is 4.56. The third-order valence-corrected chi connectivity index (χ3v) is 4.56. The molecule has 2 atom stereocenters. The van der Waals surface area contributed by atoms with Crippen LogP contribution in [0, 0.1) is 0 Å². The summed E-state index contributed by atoms with van der Waals surface area (Å²) in [4.78, 5) is 14.7. The number of urea groups is 1. The van der Waals surface area contributed by atoms with Gasteiger partial charge in [0.15, 0.2) is 5.82 Å². The van der Waals surface area contributed by atoms with Gasteiger partial charge in [0.1, 0.15) is 12.1 Å². The van der Waals surface area contributed by atoms with E-state index in [1.54, 1.807) is 6.33 Å². The van der Waals surface area contributed by atoms with E-state index in [0.717, 1.165) is 36.5 Å². The summed E-state index contributed by atoms with van der Waals surface area (Å²) in [5.41, 5.74) is 1.14. The molecule has 1 fully saturated rings. The van der Waals surface area contributed by atoms with Gasteiger partial charge in [0.05, 0.1) is 18.7 Å². The number of ether oxygens (including phenoxy) is 1. The number of nitrogens with one attached hydrogen (secondary N) is 1. The van der Waals surface area contributed by atoms with Gasteiger partial charge < -0.3 is 19.5 Å². The van der Waals surface area contributed by atoms with Crippen LogP contribution in [0.1, 0.15) is 50.2 Å². The topological polar surface area (TPSA) is 72.3 Å². The van der Waals surface area contributed by atoms with Crippen molar-refractivity contribution in [2.24, 2.45) is 7.05 Å². The van der Waals surface area contributed by atoms with E-state index >= 15 is 0 Å². The number of hydrogen-bond acceptors (Lipinski definition) is 4. The molecule has 0 unspecified atom stereocenters. The van der Waals surface area contributed by atoms with Gasteiger partial charge in [0.25, 0.3) is 0 Å². The summed E-state index contributed by atoms with van der Waals surface area (Å²) in [7, 11) is 1.87. The lowest BCUT2D eigenvalue weighted by molar-refractivity contribution is 0.189. The van der Waals surface area contributed by atoms with Crippen LogP contribution in [0.25, 0.3) is 0 Å². The Morgan fingerprint density at radius 3 is 2.80 bits per heavy atom. The Morgan fingerprint density at radius 1 is 1.40 bits per heavy atom. The largest absolute Gasteiger partial charge is 0.494 e. The molecule has 1 N–H and O–H groups in total. The van der Waals surface area contributed by atoms with Gasteiger partial charge >= 0.3 is 6.03 Å². The maximum atomic E-state index is 12.7. The average molecular weight is 343 g/mol. The van der Waals surface area contributed by atoms with Gasteiger partial charge in [-0.15, -0.1) is 10.2 Å². The predicted octanol–water partition coefficient (Wildman–Crippen LogP) is 2.82. The number of hydrogen-bond donors (Lipinski definition) is 1. The zero-order valence-electron chi connectivity index (χ0n) is 15.0. The van der Waals surface area contributed by atoms with Crippen molar-refractivity contribution in [3.8, 4) is 5.75 Å². The van der Waals surface area contributed by atoms with Crippen molar-refractivity contribution in [3.63, 3.8) is 0 Å². The molecule has 0 bridgehead atoms. The Morgan fingerprint density at radius 2 is 2.16 bits per heavy atom. The quantitative estimate of drug-likeness (QED) is 0.906. The summed E-state index contributed by atoms with van der Waals surface area (Å²) in [6.07, 6.45) is 3.61. The van der Waals surface area contributed by atoms with Gasteiger partial charge in [0, 0.05) is 13.6 Å². The zero-order valence-corrected chi connectivity index (χ0v) is 15.0. The Kier molecular flexibility index (Phi) is 5.21. The summed E-state index contributed by atoms with van der Waals surface area (Å²) in [6.45, 7) is 5.30. The van der Waals surface area contributed by atoms with Crippen molar-refractivity contribution in [2.75, 3.05) is 13.2 Å². The number of rotatable bonds is 5. The molecule has 134 valence electrons. The van der Waals surface area contributed by atoms with Crippen molar-refractivity contribution in [3.05, 3.63) is 42.0 Å². The monoisotopic (exact) mass is 343 g/mol. The first-order chi connectivity index (χ1) is 12.1. The van der Waals surface area contributed by atoms with E-state index in [-0.39, 0.29) is 18.1 Å².